The standard InChI is InChI=1S/C25H20O3/c1-16-9-5-6-12-18(16)21(15-26)22(17-10-3-2-4-11-17)23-24(27)19-13-7-8-14-20(19)25(23)28/h2-15,21-23H,1H3/t21-,22+/m1/s1. The van der Waals surface area contributed by atoms with E-state index in [4.69, 9.17) is 0 Å². The summed E-state index contributed by atoms with van der Waals surface area (Å²) >= 11 is 0. The maximum Gasteiger partial charge on any atom is 0.175 e. The highest BCUT2D eigenvalue weighted by molar-refractivity contribution is 6.27. The summed E-state index contributed by atoms with van der Waals surface area (Å²) in [5, 5.41) is 0. The molecular weight excluding hydrogens is 348 g/mol. The number of ketones is 2. The van der Waals surface area contributed by atoms with Crippen molar-refractivity contribution in [3.8, 4) is 0 Å². The zero-order valence-electron chi connectivity index (χ0n) is 15.5. The number of hydrogen-bond donors (Lipinski definition) is 0. The molecule has 0 radical (unpaired) electrons. The van der Waals surface area contributed by atoms with Crippen LogP contribution in [0.25, 0.3) is 0 Å². The van der Waals surface area contributed by atoms with E-state index in [2.05, 4.69) is 0 Å². The van der Waals surface area contributed by atoms with E-state index in [1.807, 2.05) is 61.5 Å². The number of aldehydes is 1. The number of fused-ring (bicyclic) bond motifs is 1. The summed E-state index contributed by atoms with van der Waals surface area (Å²) in [6.07, 6.45) is 0.879. The summed E-state index contributed by atoms with van der Waals surface area (Å²) in [4.78, 5) is 38.7. The monoisotopic (exact) mass is 368 g/mol. The fraction of sp³-hybridized carbons (Fsp3) is 0.160. The van der Waals surface area contributed by atoms with Crippen molar-refractivity contribution in [1.29, 1.82) is 0 Å². The first kappa shape index (κ1) is 18.1. The van der Waals surface area contributed by atoms with E-state index in [1.165, 1.54) is 0 Å². The van der Waals surface area contributed by atoms with Crippen molar-refractivity contribution in [2.24, 2.45) is 5.92 Å². The Balaban J connectivity index is 1.89. The molecular formula is C25H20O3. The van der Waals surface area contributed by atoms with Crippen molar-refractivity contribution in [3.05, 3.63) is 107 Å². The molecule has 138 valence electrons. The summed E-state index contributed by atoms with van der Waals surface area (Å²) in [7, 11) is 0. The molecule has 0 amide bonds. The predicted molar refractivity (Wildman–Crippen MR) is 108 cm³/mol. The summed E-state index contributed by atoms with van der Waals surface area (Å²) < 4.78 is 0. The van der Waals surface area contributed by atoms with Crippen molar-refractivity contribution < 1.29 is 14.4 Å². The van der Waals surface area contributed by atoms with Gasteiger partial charge in [0.25, 0.3) is 0 Å². The fourth-order valence-electron chi connectivity index (χ4n) is 4.29. The minimum Gasteiger partial charge on any atom is -0.303 e. The lowest BCUT2D eigenvalue weighted by Gasteiger charge is -2.28. The molecule has 0 saturated carbocycles. The maximum absolute atomic E-state index is 13.2. The molecule has 0 unspecified atom stereocenters. The lowest BCUT2D eigenvalue weighted by Crippen LogP contribution is -2.29. The quantitative estimate of drug-likeness (QED) is 0.482. The molecule has 28 heavy (non-hydrogen) atoms. The van der Waals surface area contributed by atoms with Crippen LogP contribution in [-0.4, -0.2) is 17.9 Å². The van der Waals surface area contributed by atoms with Gasteiger partial charge in [-0.15, -0.1) is 0 Å². The van der Waals surface area contributed by atoms with Crippen molar-refractivity contribution in [3.63, 3.8) is 0 Å². The summed E-state index contributed by atoms with van der Waals surface area (Å²) in [6.45, 7) is 1.95. The molecule has 1 aliphatic carbocycles. The Morgan fingerprint density at radius 2 is 1.29 bits per heavy atom. The van der Waals surface area contributed by atoms with E-state index in [1.54, 1.807) is 24.3 Å². The van der Waals surface area contributed by atoms with E-state index in [-0.39, 0.29) is 11.6 Å². The van der Waals surface area contributed by atoms with Crippen LogP contribution >= 0.6 is 0 Å². The molecule has 0 N–H and O–H groups in total. The molecule has 0 aliphatic heterocycles. The average molecular weight is 368 g/mol. The smallest absolute Gasteiger partial charge is 0.175 e. The average Bonchev–Trinajstić information content (AvgIpc) is 2.98. The summed E-state index contributed by atoms with van der Waals surface area (Å²) in [6, 6.07) is 24.0. The SMILES string of the molecule is Cc1ccccc1[C@@H](C=O)[C@H](c1ccccc1)C1C(=O)c2ccccc2C1=O. The van der Waals surface area contributed by atoms with Gasteiger partial charge in [0.1, 0.15) is 6.29 Å². The van der Waals surface area contributed by atoms with E-state index >= 15 is 0 Å². The van der Waals surface area contributed by atoms with E-state index < -0.39 is 17.8 Å². The molecule has 0 heterocycles. The molecule has 3 aromatic rings. The number of carbonyl (C=O) groups is 3. The van der Waals surface area contributed by atoms with Crippen LogP contribution in [-0.2, 0) is 4.79 Å². The van der Waals surface area contributed by atoms with Crippen LogP contribution in [0.4, 0.5) is 0 Å². The van der Waals surface area contributed by atoms with Gasteiger partial charge in [-0.1, -0.05) is 78.9 Å². The largest absolute Gasteiger partial charge is 0.303 e. The Labute approximate surface area is 164 Å². The molecule has 3 aromatic carbocycles. The van der Waals surface area contributed by atoms with Gasteiger partial charge in [-0.3, -0.25) is 9.59 Å². The number of rotatable bonds is 5. The molecule has 0 spiro atoms. The second-order valence-electron chi connectivity index (χ2n) is 7.21. The first-order valence-corrected chi connectivity index (χ1v) is 9.36. The van der Waals surface area contributed by atoms with Gasteiger partial charge in [-0.05, 0) is 23.6 Å². The second kappa shape index (κ2) is 7.35. The Bertz CT molecular complexity index is 1020. The first-order chi connectivity index (χ1) is 13.6. The molecule has 2 atom stereocenters. The first-order valence-electron chi connectivity index (χ1n) is 9.36. The highest BCUT2D eigenvalue weighted by atomic mass is 16.2. The highest BCUT2D eigenvalue weighted by Crippen LogP contribution is 2.44. The van der Waals surface area contributed by atoms with Gasteiger partial charge in [0.05, 0.1) is 5.92 Å². The van der Waals surface area contributed by atoms with Gasteiger partial charge in [0, 0.05) is 23.0 Å². The Kier molecular flexibility index (Phi) is 4.74. The molecule has 0 fully saturated rings. The number of hydrogen-bond acceptors (Lipinski definition) is 3. The van der Waals surface area contributed by atoms with Crippen molar-refractivity contribution in [2.45, 2.75) is 18.8 Å². The van der Waals surface area contributed by atoms with Crippen LogP contribution in [0, 0.1) is 12.8 Å². The van der Waals surface area contributed by atoms with E-state index in [9.17, 15) is 14.4 Å². The minimum atomic E-state index is -0.894. The zero-order chi connectivity index (χ0) is 19.7. The molecule has 3 nitrogen and oxygen atoms in total. The van der Waals surface area contributed by atoms with Crippen molar-refractivity contribution in [2.75, 3.05) is 0 Å². The predicted octanol–water partition coefficient (Wildman–Crippen LogP) is 4.76. The summed E-state index contributed by atoms with van der Waals surface area (Å²) in [5.74, 6) is -2.43. The minimum absolute atomic E-state index is 0.199. The van der Waals surface area contributed by atoms with Crippen molar-refractivity contribution in [1.82, 2.24) is 0 Å². The van der Waals surface area contributed by atoms with Gasteiger partial charge in [-0.25, -0.2) is 0 Å². The highest BCUT2D eigenvalue weighted by Gasteiger charge is 2.46. The van der Waals surface area contributed by atoms with Gasteiger partial charge in [0.2, 0.25) is 0 Å². The number of carbonyl (C=O) groups excluding carboxylic acids is 3. The van der Waals surface area contributed by atoms with Gasteiger partial charge in [0.15, 0.2) is 11.6 Å². The number of Topliss-reactive ketones (excluding diaryl/α,β-unsaturated/α-hetero) is 2. The molecule has 0 aromatic heterocycles. The van der Waals surface area contributed by atoms with Gasteiger partial charge >= 0.3 is 0 Å². The molecule has 0 saturated heterocycles. The maximum atomic E-state index is 13.2. The third-order valence-corrected chi connectivity index (χ3v) is 5.65. The zero-order valence-corrected chi connectivity index (χ0v) is 15.5. The third-order valence-electron chi connectivity index (χ3n) is 5.65. The van der Waals surface area contributed by atoms with Gasteiger partial charge in [-0.2, -0.15) is 0 Å². The van der Waals surface area contributed by atoms with Gasteiger partial charge < -0.3 is 4.79 Å². The van der Waals surface area contributed by atoms with Crippen LogP contribution in [0.15, 0.2) is 78.9 Å². The van der Waals surface area contributed by atoms with Crippen LogP contribution < -0.4 is 0 Å². The van der Waals surface area contributed by atoms with Crippen LogP contribution in [0.3, 0.4) is 0 Å². The molecule has 3 heteroatoms. The van der Waals surface area contributed by atoms with E-state index in [0.717, 1.165) is 23.0 Å². The van der Waals surface area contributed by atoms with Crippen LogP contribution in [0.5, 0.6) is 0 Å². The molecule has 1 aliphatic rings. The molecule has 4 rings (SSSR count). The molecule has 0 bridgehead atoms. The number of benzene rings is 3. The van der Waals surface area contributed by atoms with E-state index in [0.29, 0.717) is 11.1 Å². The number of aryl methyl sites for hydroxylation is 1. The Morgan fingerprint density at radius 1 is 0.750 bits per heavy atom. The van der Waals surface area contributed by atoms with Crippen LogP contribution in [0.1, 0.15) is 49.2 Å². The summed E-state index contributed by atoms with van der Waals surface area (Å²) in [5.41, 5.74) is 3.54. The lowest BCUT2D eigenvalue weighted by molar-refractivity contribution is -0.109. The van der Waals surface area contributed by atoms with Crippen molar-refractivity contribution >= 4 is 17.9 Å². The normalized spacial score (nSPS) is 15.9. The second-order valence-corrected chi connectivity index (χ2v) is 7.21. The topological polar surface area (TPSA) is 51.2 Å². The Morgan fingerprint density at radius 3 is 1.86 bits per heavy atom. The third kappa shape index (κ3) is 2.89. The lowest BCUT2D eigenvalue weighted by atomic mass is 9.72. The van der Waals surface area contributed by atoms with Crippen LogP contribution in [0.2, 0.25) is 0 Å². The fourth-order valence-corrected chi connectivity index (χ4v) is 4.29. The Hall–Kier alpha value is -3.33.